The van der Waals surface area contributed by atoms with Gasteiger partial charge in [-0.05, 0) is 6.92 Å². The van der Waals surface area contributed by atoms with E-state index in [9.17, 15) is 0 Å². The van der Waals surface area contributed by atoms with Crippen LogP contribution in [0, 0.1) is 17.0 Å². The molecule has 6 nitrogen and oxygen atoms in total. The summed E-state index contributed by atoms with van der Waals surface area (Å²) in [6.07, 6.45) is 3.71. The minimum atomic E-state index is -1.50. The Morgan fingerprint density at radius 3 is 2.36 bits per heavy atom. The molecular weight excluding hydrogens is 150 g/mol. The van der Waals surface area contributed by atoms with E-state index in [-0.39, 0.29) is 0 Å². The first-order valence-corrected chi connectivity index (χ1v) is 2.81. The lowest BCUT2D eigenvalue weighted by Crippen LogP contribution is -1.86. The summed E-state index contributed by atoms with van der Waals surface area (Å²) >= 11 is 0. The summed E-state index contributed by atoms with van der Waals surface area (Å²) in [4.78, 5) is 12.3. The lowest BCUT2D eigenvalue weighted by Gasteiger charge is -1.87. The van der Waals surface area contributed by atoms with Crippen LogP contribution in [0.5, 0.6) is 0 Å². The number of nitrogens with zero attached hydrogens (tertiary/aromatic N) is 3. The Labute approximate surface area is 63.2 Å². The predicted octanol–water partition coefficient (Wildman–Crippen LogP) is 0.381. The average molecular weight is 159 g/mol. The second-order valence-corrected chi connectivity index (χ2v) is 1.82. The molecular formula is C5H9N3O3. The number of imidazole rings is 1. The Morgan fingerprint density at radius 1 is 1.82 bits per heavy atom. The van der Waals surface area contributed by atoms with Crippen LogP contribution in [0.4, 0.5) is 0 Å². The summed E-state index contributed by atoms with van der Waals surface area (Å²) < 4.78 is 1.97. The fraction of sp³-hybridized carbons (Fsp3) is 0.400. The maximum Gasteiger partial charge on any atom is 0.291 e. The second-order valence-electron chi connectivity index (χ2n) is 1.82. The van der Waals surface area contributed by atoms with Gasteiger partial charge in [0.1, 0.15) is 5.82 Å². The Kier molecular flexibility index (Phi) is 3.65. The highest BCUT2D eigenvalue weighted by Crippen LogP contribution is 1.86. The van der Waals surface area contributed by atoms with Crippen molar-refractivity contribution in [1.29, 1.82) is 0 Å². The molecule has 0 amide bonds. The summed E-state index contributed by atoms with van der Waals surface area (Å²) in [5, 5.41) is 13.6. The SMILES string of the molecule is Cc1nccn1C.O=[N+]([O-])O. The van der Waals surface area contributed by atoms with Crippen molar-refractivity contribution in [3.05, 3.63) is 28.3 Å². The molecule has 0 aliphatic heterocycles. The third kappa shape index (κ3) is 4.89. The van der Waals surface area contributed by atoms with E-state index in [1.165, 1.54) is 0 Å². The van der Waals surface area contributed by atoms with Gasteiger partial charge in [-0.15, -0.1) is 10.1 Å². The van der Waals surface area contributed by atoms with Crippen LogP contribution in [0.25, 0.3) is 0 Å². The monoisotopic (exact) mass is 159 g/mol. The predicted molar refractivity (Wildman–Crippen MR) is 36.7 cm³/mol. The molecule has 1 aromatic rings. The molecule has 1 rings (SSSR count). The molecule has 0 bridgehead atoms. The quantitative estimate of drug-likeness (QED) is 0.438. The molecule has 62 valence electrons. The first-order chi connectivity index (χ1) is 5.04. The minimum Gasteiger partial charge on any atom is -0.338 e. The maximum absolute atomic E-state index is 8.36. The molecule has 0 unspecified atom stereocenters. The van der Waals surface area contributed by atoms with Crippen LogP contribution >= 0.6 is 0 Å². The lowest BCUT2D eigenvalue weighted by molar-refractivity contribution is -0.742. The molecule has 1 aromatic heterocycles. The number of aryl methyl sites for hydroxylation is 2. The van der Waals surface area contributed by atoms with Crippen molar-refractivity contribution in [2.75, 3.05) is 0 Å². The van der Waals surface area contributed by atoms with E-state index in [0.717, 1.165) is 5.82 Å². The van der Waals surface area contributed by atoms with E-state index in [1.807, 2.05) is 24.7 Å². The zero-order chi connectivity index (χ0) is 8.85. The van der Waals surface area contributed by atoms with Gasteiger partial charge in [0.2, 0.25) is 0 Å². The van der Waals surface area contributed by atoms with Gasteiger partial charge >= 0.3 is 0 Å². The molecule has 1 N–H and O–H groups in total. The van der Waals surface area contributed by atoms with Crippen molar-refractivity contribution in [3.8, 4) is 0 Å². The van der Waals surface area contributed by atoms with Crippen molar-refractivity contribution >= 4 is 0 Å². The molecule has 0 spiro atoms. The van der Waals surface area contributed by atoms with E-state index in [4.69, 9.17) is 15.3 Å². The van der Waals surface area contributed by atoms with Crippen LogP contribution in [0.15, 0.2) is 12.4 Å². The van der Waals surface area contributed by atoms with Gasteiger partial charge in [-0.3, -0.25) is 0 Å². The van der Waals surface area contributed by atoms with Crippen LogP contribution in [0.1, 0.15) is 5.82 Å². The molecule has 0 aromatic carbocycles. The molecule has 0 atom stereocenters. The number of hydrogen-bond acceptors (Lipinski definition) is 3. The fourth-order valence-electron chi connectivity index (χ4n) is 0.440. The number of hydrogen-bond donors (Lipinski definition) is 1. The van der Waals surface area contributed by atoms with Gasteiger partial charge in [0.25, 0.3) is 5.09 Å². The van der Waals surface area contributed by atoms with Gasteiger partial charge < -0.3 is 9.77 Å². The van der Waals surface area contributed by atoms with Gasteiger partial charge in [-0.25, -0.2) is 4.98 Å². The van der Waals surface area contributed by atoms with Gasteiger partial charge in [0.05, 0.1) is 0 Å². The summed E-state index contributed by atoms with van der Waals surface area (Å²) in [5.41, 5.74) is 0. The average Bonchev–Trinajstić information content (AvgIpc) is 2.15. The summed E-state index contributed by atoms with van der Waals surface area (Å²) in [5.74, 6) is 1.06. The van der Waals surface area contributed by atoms with Gasteiger partial charge in [0.15, 0.2) is 0 Å². The zero-order valence-corrected chi connectivity index (χ0v) is 6.26. The highest BCUT2D eigenvalue weighted by atomic mass is 16.9. The van der Waals surface area contributed by atoms with Crippen molar-refractivity contribution < 1.29 is 10.3 Å². The molecule has 11 heavy (non-hydrogen) atoms. The van der Waals surface area contributed by atoms with E-state index >= 15 is 0 Å². The summed E-state index contributed by atoms with van der Waals surface area (Å²) in [7, 11) is 1.97. The van der Waals surface area contributed by atoms with Crippen molar-refractivity contribution in [3.63, 3.8) is 0 Å². The fourth-order valence-corrected chi connectivity index (χ4v) is 0.440. The Balaban J connectivity index is 0.000000218. The van der Waals surface area contributed by atoms with Gasteiger partial charge in [-0.2, -0.15) is 0 Å². The van der Waals surface area contributed by atoms with E-state index in [0.29, 0.717) is 0 Å². The van der Waals surface area contributed by atoms with Crippen LogP contribution in [0.2, 0.25) is 0 Å². The molecule has 0 aliphatic rings. The summed E-state index contributed by atoms with van der Waals surface area (Å²) in [6.45, 7) is 1.97. The molecule has 0 fully saturated rings. The normalized spacial score (nSPS) is 8.18. The van der Waals surface area contributed by atoms with Crippen LogP contribution in [-0.2, 0) is 7.05 Å². The van der Waals surface area contributed by atoms with Gasteiger partial charge in [-0.1, -0.05) is 0 Å². The van der Waals surface area contributed by atoms with E-state index in [2.05, 4.69) is 4.98 Å². The molecule has 0 aliphatic carbocycles. The highest BCUT2D eigenvalue weighted by Gasteiger charge is 1.83. The first kappa shape index (κ1) is 9.41. The molecule has 0 saturated carbocycles. The summed E-state index contributed by atoms with van der Waals surface area (Å²) in [6, 6.07) is 0. The third-order valence-electron chi connectivity index (χ3n) is 1.06. The van der Waals surface area contributed by atoms with Gasteiger partial charge in [0, 0.05) is 19.4 Å². The van der Waals surface area contributed by atoms with E-state index < -0.39 is 5.09 Å². The number of aromatic nitrogens is 2. The smallest absolute Gasteiger partial charge is 0.291 e. The Hall–Kier alpha value is -1.59. The van der Waals surface area contributed by atoms with E-state index in [1.54, 1.807) is 6.20 Å². The Bertz CT molecular complexity index is 212. The van der Waals surface area contributed by atoms with Crippen LogP contribution in [0.3, 0.4) is 0 Å². The molecule has 6 heteroatoms. The van der Waals surface area contributed by atoms with Crippen molar-refractivity contribution in [1.82, 2.24) is 9.55 Å². The first-order valence-electron chi connectivity index (χ1n) is 2.81. The third-order valence-corrected chi connectivity index (χ3v) is 1.06. The molecule has 0 radical (unpaired) electrons. The number of rotatable bonds is 0. The zero-order valence-electron chi connectivity index (χ0n) is 6.26. The topological polar surface area (TPSA) is 81.2 Å². The Morgan fingerprint density at radius 2 is 2.27 bits per heavy atom. The minimum absolute atomic E-state index is 1.06. The van der Waals surface area contributed by atoms with Crippen LogP contribution in [-0.4, -0.2) is 19.8 Å². The maximum atomic E-state index is 8.36. The molecule has 0 saturated heterocycles. The van der Waals surface area contributed by atoms with Crippen molar-refractivity contribution in [2.24, 2.45) is 7.05 Å². The van der Waals surface area contributed by atoms with Crippen molar-refractivity contribution in [2.45, 2.75) is 6.92 Å². The largest absolute Gasteiger partial charge is 0.338 e. The highest BCUT2D eigenvalue weighted by molar-refractivity contribution is 4.85. The van der Waals surface area contributed by atoms with Crippen LogP contribution < -0.4 is 0 Å². The standard InChI is InChI=1S/C5H8N2.HNO3/c1-5-6-3-4-7(5)2;2-1(3)4/h3-4H,1-2H3;(H,2,3,4). The second kappa shape index (κ2) is 4.26. The lowest BCUT2D eigenvalue weighted by atomic mass is 10.7. The molecule has 1 heterocycles.